The number of nitrogens with zero attached hydrogens (tertiary/aromatic N) is 1. The minimum atomic E-state index is -0.772. The molecule has 1 aromatic carbocycles. The zero-order valence-electron chi connectivity index (χ0n) is 10.8. The van der Waals surface area contributed by atoms with Gasteiger partial charge in [-0.25, -0.2) is 4.98 Å². The summed E-state index contributed by atoms with van der Waals surface area (Å²) in [4.78, 5) is 27.4. The first kappa shape index (κ1) is 14.0. The summed E-state index contributed by atoms with van der Waals surface area (Å²) in [5.74, 6) is -1.02. The minimum absolute atomic E-state index is 0.378. The van der Waals surface area contributed by atoms with Crippen molar-refractivity contribution in [1.82, 2.24) is 4.98 Å². The van der Waals surface area contributed by atoms with Crippen LogP contribution in [0.3, 0.4) is 0 Å². The molecule has 0 aliphatic heterocycles. The van der Waals surface area contributed by atoms with Crippen LogP contribution in [-0.4, -0.2) is 23.4 Å². The first-order chi connectivity index (χ1) is 9.70. The fourth-order valence-corrected chi connectivity index (χ4v) is 1.99. The van der Waals surface area contributed by atoms with Gasteiger partial charge in [-0.15, -0.1) is 11.3 Å². The van der Waals surface area contributed by atoms with E-state index in [9.17, 15) is 9.59 Å². The Labute approximate surface area is 119 Å². The molecule has 2 N–H and O–H groups in total. The zero-order valence-corrected chi connectivity index (χ0v) is 11.6. The van der Waals surface area contributed by atoms with Crippen LogP contribution >= 0.6 is 11.3 Å². The molecule has 0 unspecified atom stereocenters. The number of rotatable bonds is 4. The summed E-state index contributed by atoms with van der Waals surface area (Å²) in [5, 5.41) is 7.00. The first-order valence-electron chi connectivity index (χ1n) is 5.94. The van der Waals surface area contributed by atoms with Gasteiger partial charge in [0.1, 0.15) is 5.75 Å². The third-order valence-corrected chi connectivity index (χ3v) is 2.98. The highest BCUT2D eigenvalue weighted by molar-refractivity contribution is 7.13. The van der Waals surface area contributed by atoms with Gasteiger partial charge in [-0.1, -0.05) is 12.1 Å². The van der Waals surface area contributed by atoms with Crippen molar-refractivity contribution in [2.75, 3.05) is 17.2 Å². The third-order valence-electron chi connectivity index (χ3n) is 2.29. The largest absolute Gasteiger partial charge is 0.492 e. The van der Waals surface area contributed by atoms with Crippen LogP contribution < -0.4 is 15.4 Å². The first-order valence-corrected chi connectivity index (χ1v) is 6.82. The quantitative estimate of drug-likeness (QED) is 0.846. The molecule has 2 amide bonds. The number of aromatic nitrogens is 1. The molecule has 0 atom stereocenters. The topological polar surface area (TPSA) is 80.3 Å². The van der Waals surface area contributed by atoms with Crippen LogP contribution in [-0.2, 0) is 9.59 Å². The molecule has 2 aromatic rings. The number of nitrogens with one attached hydrogen (secondary N) is 2. The van der Waals surface area contributed by atoms with Gasteiger partial charge in [0.05, 0.1) is 12.3 Å². The average Bonchev–Trinajstić information content (AvgIpc) is 2.94. The second-order valence-corrected chi connectivity index (χ2v) is 4.57. The van der Waals surface area contributed by atoms with E-state index in [-0.39, 0.29) is 0 Å². The maximum Gasteiger partial charge on any atom is 0.315 e. The van der Waals surface area contributed by atoms with E-state index in [0.717, 1.165) is 0 Å². The zero-order chi connectivity index (χ0) is 14.4. The van der Waals surface area contributed by atoms with E-state index in [1.54, 1.807) is 35.8 Å². The van der Waals surface area contributed by atoms with Crippen LogP contribution in [0.1, 0.15) is 6.92 Å². The molecule has 6 nitrogen and oxygen atoms in total. The maximum absolute atomic E-state index is 11.8. The molecular weight excluding hydrogens is 278 g/mol. The summed E-state index contributed by atoms with van der Waals surface area (Å²) in [6.45, 7) is 2.31. The van der Waals surface area contributed by atoms with Crippen molar-refractivity contribution in [2.24, 2.45) is 0 Å². The van der Waals surface area contributed by atoms with E-state index in [2.05, 4.69) is 15.6 Å². The fourth-order valence-electron chi connectivity index (χ4n) is 1.47. The van der Waals surface area contributed by atoms with Gasteiger partial charge in [0, 0.05) is 11.6 Å². The maximum atomic E-state index is 11.8. The summed E-state index contributed by atoms with van der Waals surface area (Å²) in [7, 11) is 0. The highest BCUT2D eigenvalue weighted by Gasteiger charge is 2.16. The Morgan fingerprint density at radius 3 is 2.70 bits per heavy atom. The fraction of sp³-hybridized carbons (Fsp3) is 0.154. The van der Waals surface area contributed by atoms with Crippen molar-refractivity contribution in [2.45, 2.75) is 6.92 Å². The summed E-state index contributed by atoms with van der Waals surface area (Å²) < 4.78 is 5.37. The van der Waals surface area contributed by atoms with Crippen molar-refractivity contribution in [3.63, 3.8) is 0 Å². The number of carbonyl (C=O) groups is 2. The summed E-state index contributed by atoms with van der Waals surface area (Å²) in [6, 6.07) is 6.92. The van der Waals surface area contributed by atoms with Crippen molar-refractivity contribution in [3.8, 4) is 5.75 Å². The smallest absolute Gasteiger partial charge is 0.315 e. The van der Waals surface area contributed by atoms with Crippen LogP contribution in [0.15, 0.2) is 35.8 Å². The lowest BCUT2D eigenvalue weighted by molar-refractivity contribution is -0.133. The molecule has 104 valence electrons. The van der Waals surface area contributed by atoms with E-state index in [0.29, 0.717) is 23.2 Å². The number of benzene rings is 1. The predicted molar refractivity (Wildman–Crippen MR) is 77.0 cm³/mol. The molecule has 0 saturated carbocycles. The van der Waals surface area contributed by atoms with Gasteiger partial charge >= 0.3 is 11.8 Å². The van der Waals surface area contributed by atoms with Gasteiger partial charge in [0.2, 0.25) is 0 Å². The number of amides is 2. The SMILES string of the molecule is CCOc1ccccc1NC(=O)C(=O)Nc1nccs1. The standard InChI is InChI=1S/C13H13N3O3S/c1-2-19-10-6-4-3-5-9(10)15-11(17)12(18)16-13-14-7-8-20-13/h3-8H,2H2,1H3,(H,15,17)(H,14,16,18). The highest BCUT2D eigenvalue weighted by Crippen LogP contribution is 2.23. The van der Waals surface area contributed by atoms with Gasteiger partial charge in [0.15, 0.2) is 5.13 Å². The number of ether oxygens (including phenoxy) is 1. The second kappa shape index (κ2) is 6.67. The predicted octanol–water partition coefficient (Wildman–Crippen LogP) is 2.12. The monoisotopic (exact) mass is 291 g/mol. The molecule has 0 aliphatic rings. The Hall–Kier alpha value is -2.41. The molecule has 0 aliphatic carbocycles. The molecule has 20 heavy (non-hydrogen) atoms. The second-order valence-electron chi connectivity index (χ2n) is 3.67. The number of thiazole rings is 1. The van der Waals surface area contributed by atoms with E-state index < -0.39 is 11.8 Å². The van der Waals surface area contributed by atoms with Gasteiger partial charge in [-0.3, -0.25) is 14.9 Å². The molecule has 0 bridgehead atoms. The molecule has 1 heterocycles. The van der Waals surface area contributed by atoms with E-state index in [4.69, 9.17) is 4.74 Å². The number of carbonyl (C=O) groups excluding carboxylic acids is 2. The van der Waals surface area contributed by atoms with Gasteiger partial charge in [-0.2, -0.15) is 0 Å². The lowest BCUT2D eigenvalue weighted by atomic mass is 10.3. The van der Waals surface area contributed by atoms with E-state index in [1.165, 1.54) is 11.3 Å². The Balaban J connectivity index is 2.02. The molecule has 0 radical (unpaired) electrons. The Morgan fingerprint density at radius 2 is 2.00 bits per heavy atom. The van der Waals surface area contributed by atoms with Crippen LogP contribution in [0.4, 0.5) is 10.8 Å². The van der Waals surface area contributed by atoms with Crippen molar-refractivity contribution >= 4 is 34.0 Å². The number of para-hydroxylation sites is 2. The Morgan fingerprint density at radius 1 is 1.25 bits per heavy atom. The summed E-state index contributed by atoms with van der Waals surface area (Å²) >= 11 is 1.24. The Bertz CT molecular complexity index is 599. The average molecular weight is 291 g/mol. The van der Waals surface area contributed by atoms with Gasteiger partial charge in [0.25, 0.3) is 0 Å². The molecular formula is C13H13N3O3S. The number of anilines is 2. The lowest BCUT2D eigenvalue weighted by Gasteiger charge is -2.10. The molecule has 2 rings (SSSR count). The van der Waals surface area contributed by atoms with Gasteiger partial charge < -0.3 is 10.1 Å². The van der Waals surface area contributed by atoms with Gasteiger partial charge in [-0.05, 0) is 19.1 Å². The third kappa shape index (κ3) is 3.55. The molecule has 7 heteroatoms. The van der Waals surface area contributed by atoms with Crippen molar-refractivity contribution < 1.29 is 14.3 Å². The van der Waals surface area contributed by atoms with Crippen LogP contribution in [0.5, 0.6) is 5.75 Å². The van der Waals surface area contributed by atoms with Crippen molar-refractivity contribution in [3.05, 3.63) is 35.8 Å². The number of hydrogen-bond donors (Lipinski definition) is 2. The van der Waals surface area contributed by atoms with E-state index >= 15 is 0 Å². The molecule has 1 aromatic heterocycles. The molecule has 0 spiro atoms. The molecule has 0 saturated heterocycles. The summed E-state index contributed by atoms with van der Waals surface area (Å²) in [6.07, 6.45) is 1.54. The normalized spacial score (nSPS) is 9.85. The van der Waals surface area contributed by atoms with E-state index in [1.807, 2.05) is 6.92 Å². The lowest BCUT2D eigenvalue weighted by Crippen LogP contribution is -2.29. The summed E-state index contributed by atoms with van der Waals surface area (Å²) in [5.41, 5.74) is 0.452. The number of hydrogen-bond acceptors (Lipinski definition) is 5. The van der Waals surface area contributed by atoms with Crippen LogP contribution in [0.25, 0.3) is 0 Å². The highest BCUT2D eigenvalue weighted by atomic mass is 32.1. The van der Waals surface area contributed by atoms with Crippen LogP contribution in [0, 0.1) is 0 Å². The van der Waals surface area contributed by atoms with Crippen molar-refractivity contribution in [1.29, 1.82) is 0 Å². The molecule has 0 fully saturated rings. The van der Waals surface area contributed by atoms with Crippen LogP contribution in [0.2, 0.25) is 0 Å². The Kier molecular flexibility index (Phi) is 4.67. The minimum Gasteiger partial charge on any atom is -0.492 e.